The molecule has 1 N–H and O–H groups in total. The van der Waals surface area contributed by atoms with E-state index >= 15 is 0 Å². The van der Waals surface area contributed by atoms with Gasteiger partial charge in [0.2, 0.25) is 5.88 Å². The van der Waals surface area contributed by atoms with Crippen molar-refractivity contribution >= 4 is 5.69 Å². The van der Waals surface area contributed by atoms with Crippen molar-refractivity contribution in [1.29, 1.82) is 0 Å². The number of hydrogen-bond acceptors (Lipinski definition) is 4. The molecule has 0 spiro atoms. The van der Waals surface area contributed by atoms with E-state index in [1.54, 1.807) is 13.3 Å². The van der Waals surface area contributed by atoms with Gasteiger partial charge in [0, 0.05) is 13.3 Å². The van der Waals surface area contributed by atoms with E-state index in [4.69, 9.17) is 9.47 Å². The summed E-state index contributed by atoms with van der Waals surface area (Å²) in [5.74, 6) is 0.681. The standard InChI is InChI=1S/C14H22N2O2/c1-3-18-14-12(8-6-10-15-14)16-11-7-4-5-9-13(11)17-2/h6,8,10-11,13,16H,3-5,7,9H2,1-2H3. The van der Waals surface area contributed by atoms with E-state index in [0.29, 0.717) is 18.5 Å². The molecule has 4 heteroatoms. The fraction of sp³-hybridized carbons (Fsp3) is 0.643. The van der Waals surface area contributed by atoms with Crippen molar-refractivity contribution in [3.63, 3.8) is 0 Å². The largest absolute Gasteiger partial charge is 0.476 e. The van der Waals surface area contributed by atoms with Crippen LogP contribution in [0.15, 0.2) is 18.3 Å². The third-order valence-electron chi connectivity index (χ3n) is 3.40. The van der Waals surface area contributed by atoms with E-state index in [1.165, 1.54) is 12.8 Å². The molecule has 0 bridgehead atoms. The van der Waals surface area contributed by atoms with Gasteiger partial charge in [-0.25, -0.2) is 4.98 Å². The van der Waals surface area contributed by atoms with E-state index in [1.807, 2.05) is 19.1 Å². The molecule has 2 atom stereocenters. The van der Waals surface area contributed by atoms with Crippen LogP contribution in [-0.2, 0) is 4.74 Å². The van der Waals surface area contributed by atoms with Crippen LogP contribution in [0.2, 0.25) is 0 Å². The number of aromatic nitrogens is 1. The third-order valence-corrected chi connectivity index (χ3v) is 3.40. The third kappa shape index (κ3) is 3.13. The Balaban J connectivity index is 2.07. The van der Waals surface area contributed by atoms with E-state index in [0.717, 1.165) is 18.5 Å². The molecule has 0 saturated heterocycles. The Bertz CT molecular complexity index is 371. The number of nitrogens with one attached hydrogen (secondary N) is 1. The van der Waals surface area contributed by atoms with E-state index < -0.39 is 0 Å². The van der Waals surface area contributed by atoms with Crippen molar-refractivity contribution in [1.82, 2.24) is 4.98 Å². The molecule has 1 aromatic heterocycles. The first kappa shape index (κ1) is 13.1. The minimum atomic E-state index is 0.286. The highest BCUT2D eigenvalue weighted by Gasteiger charge is 2.25. The molecule has 4 nitrogen and oxygen atoms in total. The second kappa shape index (κ2) is 6.59. The molecule has 0 amide bonds. The van der Waals surface area contributed by atoms with Gasteiger partial charge in [0.25, 0.3) is 0 Å². The molecule has 1 fully saturated rings. The molecule has 1 aliphatic rings. The molecule has 1 aliphatic carbocycles. The molecule has 18 heavy (non-hydrogen) atoms. The molecular weight excluding hydrogens is 228 g/mol. The molecule has 0 radical (unpaired) electrons. The molecule has 2 rings (SSSR count). The summed E-state index contributed by atoms with van der Waals surface area (Å²) in [5, 5.41) is 3.52. The fourth-order valence-electron chi connectivity index (χ4n) is 2.50. The number of rotatable bonds is 5. The van der Waals surface area contributed by atoms with Gasteiger partial charge in [0.1, 0.15) is 0 Å². The minimum absolute atomic E-state index is 0.286. The van der Waals surface area contributed by atoms with Gasteiger partial charge in [-0.1, -0.05) is 12.8 Å². The molecule has 100 valence electrons. The van der Waals surface area contributed by atoms with Crippen molar-refractivity contribution in [2.24, 2.45) is 0 Å². The minimum Gasteiger partial charge on any atom is -0.476 e. The fourth-order valence-corrected chi connectivity index (χ4v) is 2.50. The maximum atomic E-state index is 5.55. The molecule has 0 aromatic carbocycles. The van der Waals surface area contributed by atoms with Crippen molar-refractivity contribution < 1.29 is 9.47 Å². The van der Waals surface area contributed by atoms with Gasteiger partial charge in [-0.2, -0.15) is 0 Å². The first-order chi connectivity index (χ1) is 8.85. The quantitative estimate of drug-likeness (QED) is 0.872. The average molecular weight is 250 g/mol. The number of anilines is 1. The van der Waals surface area contributed by atoms with Gasteiger partial charge >= 0.3 is 0 Å². The molecule has 1 heterocycles. The summed E-state index contributed by atoms with van der Waals surface area (Å²) in [4.78, 5) is 4.26. The van der Waals surface area contributed by atoms with Crippen LogP contribution in [0.1, 0.15) is 32.6 Å². The lowest BCUT2D eigenvalue weighted by Gasteiger charge is -2.32. The summed E-state index contributed by atoms with van der Waals surface area (Å²) in [6, 6.07) is 4.29. The van der Waals surface area contributed by atoms with Crippen LogP contribution < -0.4 is 10.1 Å². The zero-order chi connectivity index (χ0) is 12.8. The predicted molar refractivity (Wildman–Crippen MR) is 72.1 cm³/mol. The Morgan fingerprint density at radius 1 is 1.39 bits per heavy atom. The van der Waals surface area contributed by atoms with Crippen LogP contribution in [0.3, 0.4) is 0 Å². The number of nitrogens with zero attached hydrogens (tertiary/aromatic N) is 1. The molecular formula is C14H22N2O2. The van der Waals surface area contributed by atoms with Gasteiger partial charge in [-0.15, -0.1) is 0 Å². The van der Waals surface area contributed by atoms with Crippen molar-refractivity contribution in [2.75, 3.05) is 19.0 Å². The highest BCUT2D eigenvalue weighted by atomic mass is 16.5. The SMILES string of the molecule is CCOc1ncccc1NC1CCCCC1OC. The smallest absolute Gasteiger partial charge is 0.237 e. The topological polar surface area (TPSA) is 43.4 Å². The maximum absolute atomic E-state index is 5.55. The zero-order valence-electron chi connectivity index (χ0n) is 11.2. The first-order valence-corrected chi connectivity index (χ1v) is 6.72. The zero-order valence-corrected chi connectivity index (χ0v) is 11.2. The second-order valence-electron chi connectivity index (χ2n) is 4.60. The summed E-state index contributed by atoms with van der Waals surface area (Å²) in [6.45, 7) is 2.60. The predicted octanol–water partition coefficient (Wildman–Crippen LogP) is 2.85. The number of methoxy groups -OCH3 is 1. The molecule has 1 saturated carbocycles. The normalized spacial score (nSPS) is 23.7. The van der Waals surface area contributed by atoms with Gasteiger partial charge in [-0.05, 0) is 31.9 Å². The van der Waals surface area contributed by atoms with E-state index in [9.17, 15) is 0 Å². The Morgan fingerprint density at radius 2 is 2.22 bits per heavy atom. The summed E-state index contributed by atoms with van der Waals surface area (Å²) < 4.78 is 11.1. The Hall–Kier alpha value is -1.29. The molecule has 0 aliphatic heterocycles. The summed E-state index contributed by atoms with van der Waals surface area (Å²) in [5.41, 5.74) is 0.966. The first-order valence-electron chi connectivity index (χ1n) is 6.72. The lowest BCUT2D eigenvalue weighted by atomic mass is 9.92. The van der Waals surface area contributed by atoms with Crippen LogP contribution in [-0.4, -0.2) is 30.8 Å². The van der Waals surface area contributed by atoms with Crippen LogP contribution >= 0.6 is 0 Å². The average Bonchev–Trinajstić information content (AvgIpc) is 2.42. The van der Waals surface area contributed by atoms with Crippen LogP contribution in [0, 0.1) is 0 Å². The van der Waals surface area contributed by atoms with E-state index in [-0.39, 0.29) is 6.10 Å². The summed E-state index contributed by atoms with van der Waals surface area (Å²) in [6.07, 6.45) is 6.81. The van der Waals surface area contributed by atoms with Crippen molar-refractivity contribution in [2.45, 2.75) is 44.8 Å². The Morgan fingerprint density at radius 3 is 3.00 bits per heavy atom. The molecule has 2 unspecified atom stereocenters. The highest BCUT2D eigenvalue weighted by molar-refractivity contribution is 5.53. The highest BCUT2D eigenvalue weighted by Crippen LogP contribution is 2.27. The van der Waals surface area contributed by atoms with Crippen molar-refractivity contribution in [3.05, 3.63) is 18.3 Å². The molecule has 1 aromatic rings. The number of ether oxygens (including phenoxy) is 2. The monoisotopic (exact) mass is 250 g/mol. The van der Waals surface area contributed by atoms with Gasteiger partial charge in [0.05, 0.1) is 24.4 Å². The lowest BCUT2D eigenvalue weighted by molar-refractivity contribution is 0.0605. The van der Waals surface area contributed by atoms with Crippen LogP contribution in [0.4, 0.5) is 5.69 Å². The lowest BCUT2D eigenvalue weighted by Crippen LogP contribution is -2.37. The van der Waals surface area contributed by atoms with Gasteiger partial charge in [0.15, 0.2) is 0 Å². The summed E-state index contributed by atoms with van der Waals surface area (Å²) >= 11 is 0. The Labute approximate surface area is 109 Å². The maximum Gasteiger partial charge on any atom is 0.237 e. The van der Waals surface area contributed by atoms with Crippen LogP contribution in [0.25, 0.3) is 0 Å². The number of hydrogen-bond donors (Lipinski definition) is 1. The number of pyridine rings is 1. The van der Waals surface area contributed by atoms with Crippen LogP contribution in [0.5, 0.6) is 5.88 Å². The van der Waals surface area contributed by atoms with Gasteiger partial charge < -0.3 is 14.8 Å². The van der Waals surface area contributed by atoms with Crippen molar-refractivity contribution in [3.8, 4) is 5.88 Å². The second-order valence-corrected chi connectivity index (χ2v) is 4.60. The van der Waals surface area contributed by atoms with E-state index in [2.05, 4.69) is 10.3 Å². The summed E-state index contributed by atoms with van der Waals surface area (Å²) in [7, 11) is 1.79. The Kier molecular flexibility index (Phi) is 4.81. The van der Waals surface area contributed by atoms with Gasteiger partial charge in [-0.3, -0.25) is 0 Å².